The molecule has 4 heterocycles. The van der Waals surface area contributed by atoms with E-state index in [-0.39, 0.29) is 11.4 Å². The predicted molar refractivity (Wildman–Crippen MR) is 200 cm³/mol. The van der Waals surface area contributed by atoms with Crippen LogP contribution in [0.4, 0.5) is 27.9 Å². The molecule has 0 atom stereocenters. The first-order valence-corrected chi connectivity index (χ1v) is 17.2. The SMILES string of the molecule is Cc1ccc(-n2nc(C(C)(C)C)cc2NC(=O)Nc2ccc(OCc3ccnc(Nc4cncc(C5CCOCC5)n4)c3)c3ccccc23)cc1. The molecule has 1 aliphatic heterocycles. The summed E-state index contributed by atoms with van der Waals surface area (Å²) in [5.41, 5.74) is 5.25. The van der Waals surface area contributed by atoms with Crippen molar-refractivity contribution in [3.63, 3.8) is 0 Å². The molecule has 0 bridgehead atoms. The number of benzene rings is 3. The van der Waals surface area contributed by atoms with E-state index in [0.717, 1.165) is 65.0 Å². The second-order valence-corrected chi connectivity index (χ2v) is 13.8. The number of aryl methyl sites for hydroxylation is 1. The average molecular weight is 683 g/mol. The van der Waals surface area contributed by atoms with Gasteiger partial charge in [-0.25, -0.2) is 19.4 Å². The highest BCUT2D eigenvalue weighted by molar-refractivity contribution is 6.07. The summed E-state index contributed by atoms with van der Waals surface area (Å²) >= 11 is 0. The highest BCUT2D eigenvalue weighted by atomic mass is 16.5. The van der Waals surface area contributed by atoms with E-state index in [4.69, 9.17) is 19.6 Å². The zero-order valence-corrected chi connectivity index (χ0v) is 29.3. The molecular weight excluding hydrogens is 640 g/mol. The second kappa shape index (κ2) is 14.6. The van der Waals surface area contributed by atoms with Crippen molar-refractivity contribution in [1.29, 1.82) is 0 Å². The quantitative estimate of drug-likeness (QED) is 0.138. The van der Waals surface area contributed by atoms with Crippen LogP contribution in [-0.4, -0.2) is 44.0 Å². The molecule has 0 radical (unpaired) electrons. The molecule has 6 aromatic rings. The Labute approximate surface area is 297 Å². The lowest BCUT2D eigenvalue weighted by Crippen LogP contribution is -2.21. The first kappa shape index (κ1) is 33.7. The largest absolute Gasteiger partial charge is 0.488 e. The fraction of sp³-hybridized carbons (Fsp3) is 0.275. The Kier molecular flexibility index (Phi) is 9.63. The summed E-state index contributed by atoms with van der Waals surface area (Å²) in [6, 6.07) is 25.1. The van der Waals surface area contributed by atoms with Gasteiger partial charge in [0, 0.05) is 53.8 Å². The Morgan fingerprint density at radius 3 is 2.49 bits per heavy atom. The van der Waals surface area contributed by atoms with Crippen LogP contribution in [0.5, 0.6) is 5.75 Å². The summed E-state index contributed by atoms with van der Waals surface area (Å²) in [5, 5.41) is 15.9. The fourth-order valence-corrected chi connectivity index (χ4v) is 6.05. The Morgan fingerprint density at radius 1 is 0.922 bits per heavy atom. The number of carbonyl (C=O) groups excluding carboxylic acids is 1. The molecule has 0 aliphatic carbocycles. The maximum Gasteiger partial charge on any atom is 0.324 e. The van der Waals surface area contributed by atoms with Crippen molar-refractivity contribution in [3.05, 3.63) is 120 Å². The Bertz CT molecular complexity index is 2150. The van der Waals surface area contributed by atoms with Gasteiger partial charge in [-0.1, -0.05) is 62.7 Å². The van der Waals surface area contributed by atoms with Crippen LogP contribution >= 0.6 is 0 Å². The number of ether oxygens (including phenoxy) is 2. The highest BCUT2D eigenvalue weighted by Gasteiger charge is 2.22. The van der Waals surface area contributed by atoms with Crippen LogP contribution in [0.1, 0.15) is 62.0 Å². The third-order valence-corrected chi connectivity index (χ3v) is 8.90. The Morgan fingerprint density at radius 2 is 1.71 bits per heavy atom. The maximum atomic E-state index is 13.5. The number of nitrogens with zero attached hydrogens (tertiary/aromatic N) is 5. The van der Waals surface area contributed by atoms with Crippen molar-refractivity contribution < 1.29 is 14.3 Å². The minimum Gasteiger partial charge on any atom is -0.488 e. The van der Waals surface area contributed by atoms with E-state index in [0.29, 0.717) is 41.4 Å². The van der Waals surface area contributed by atoms with Gasteiger partial charge in [-0.2, -0.15) is 5.10 Å². The van der Waals surface area contributed by atoms with Crippen LogP contribution in [0, 0.1) is 6.92 Å². The zero-order valence-electron chi connectivity index (χ0n) is 29.3. The highest BCUT2D eigenvalue weighted by Crippen LogP contribution is 2.33. The second-order valence-electron chi connectivity index (χ2n) is 13.8. The number of carbonyl (C=O) groups is 1. The molecular formula is C40H42N8O3. The van der Waals surface area contributed by atoms with Gasteiger partial charge < -0.3 is 20.1 Å². The third kappa shape index (κ3) is 7.99. The lowest BCUT2D eigenvalue weighted by Gasteiger charge is -2.21. The number of hydrogen-bond donors (Lipinski definition) is 3. The van der Waals surface area contributed by atoms with E-state index in [9.17, 15) is 4.79 Å². The van der Waals surface area contributed by atoms with Crippen LogP contribution in [0.25, 0.3) is 16.5 Å². The lowest BCUT2D eigenvalue weighted by atomic mass is 9.92. The first-order chi connectivity index (χ1) is 24.7. The lowest BCUT2D eigenvalue weighted by molar-refractivity contribution is 0.0844. The minimum atomic E-state index is -0.373. The fourth-order valence-electron chi connectivity index (χ4n) is 6.05. The van der Waals surface area contributed by atoms with Crippen LogP contribution < -0.4 is 20.7 Å². The van der Waals surface area contributed by atoms with Crippen LogP contribution in [0.2, 0.25) is 0 Å². The van der Waals surface area contributed by atoms with Gasteiger partial charge in [0.2, 0.25) is 0 Å². The molecule has 0 saturated carbocycles. The van der Waals surface area contributed by atoms with Crippen molar-refractivity contribution in [3.8, 4) is 11.4 Å². The van der Waals surface area contributed by atoms with Crippen molar-refractivity contribution in [2.24, 2.45) is 0 Å². The number of urea groups is 1. The Hall–Kier alpha value is -5.81. The summed E-state index contributed by atoms with van der Waals surface area (Å²) in [6.07, 6.45) is 7.18. The Balaban J connectivity index is 1.04. The van der Waals surface area contributed by atoms with Crippen LogP contribution in [0.15, 0.2) is 97.5 Å². The summed E-state index contributed by atoms with van der Waals surface area (Å²) < 4.78 is 13.6. The molecule has 3 aromatic carbocycles. The number of pyridine rings is 1. The number of aromatic nitrogens is 5. The smallest absolute Gasteiger partial charge is 0.324 e. The maximum absolute atomic E-state index is 13.5. The topological polar surface area (TPSA) is 128 Å². The summed E-state index contributed by atoms with van der Waals surface area (Å²) in [6.45, 7) is 10.2. The van der Waals surface area contributed by atoms with Gasteiger partial charge in [0.1, 0.15) is 29.8 Å². The van der Waals surface area contributed by atoms with E-state index >= 15 is 0 Å². The van der Waals surface area contributed by atoms with Gasteiger partial charge >= 0.3 is 6.03 Å². The van der Waals surface area contributed by atoms with E-state index in [1.807, 2.05) is 92.0 Å². The molecule has 3 aromatic heterocycles. The number of rotatable bonds is 9. The number of fused-ring (bicyclic) bond motifs is 1. The predicted octanol–water partition coefficient (Wildman–Crippen LogP) is 8.68. The number of hydrogen-bond acceptors (Lipinski definition) is 8. The van der Waals surface area contributed by atoms with Gasteiger partial charge in [0.05, 0.1) is 29.0 Å². The third-order valence-electron chi connectivity index (χ3n) is 8.90. The molecule has 0 unspecified atom stereocenters. The van der Waals surface area contributed by atoms with Crippen LogP contribution in [-0.2, 0) is 16.8 Å². The van der Waals surface area contributed by atoms with Crippen molar-refractivity contribution in [2.75, 3.05) is 29.2 Å². The standard InChI is InChI=1S/C40H42N8O3/c1-26-9-11-29(12-10-26)48-38(22-35(47-48)40(2,3)4)46-39(49)44-32-13-14-34(31-8-6-5-7-30(31)32)51-25-27-15-18-42-36(21-27)45-37-24-41-23-33(43-37)28-16-19-50-20-17-28/h5-15,18,21-24,28H,16-17,19-20,25H2,1-4H3,(H,42,43,45)(H2,44,46,49). The van der Waals surface area contributed by atoms with Gasteiger partial charge in [0.15, 0.2) is 0 Å². The monoisotopic (exact) mass is 682 g/mol. The molecule has 11 heteroatoms. The molecule has 51 heavy (non-hydrogen) atoms. The molecule has 0 spiro atoms. The first-order valence-electron chi connectivity index (χ1n) is 17.2. The molecule has 1 saturated heterocycles. The normalized spacial score (nSPS) is 13.6. The zero-order chi connectivity index (χ0) is 35.4. The summed E-state index contributed by atoms with van der Waals surface area (Å²) in [4.78, 5) is 27.1. The van der Waals surface area contributed by atoms with Gasteiger partial charge in [-0.15, -0.1) is 0 Å². The average Bonchev–Trinajstić information content (AvgIpc) is 3.56. The number of nitrogens with one attached hydrogen (secondary N) is 3. The van der Waals surface area contributed by atoms with E-state index in [2.05, 4.69) is 46.7 Å². The van der Waals surface area contributed by atoms with E-state index < -0.39 is 0 Å². The van der Waals surface area contributed by atoms with Crippen LogP contribution in [0.3, 0.4) is 0 Å². The van der Waals surface area contributed by atoms with Crippen molar-refractivity contribution in [2.45, 2.75) is 58.5 Å². The van der Waals surface area contributed by atoms with Crippen molar-refractivity contribution >= 4 is 39.9 Å². The molecule has 2 amide bonds. The minimum absolute atomic E-state index is 0.200. The molecule has 260 valence electrons. The van der Waals surface area contributed by atoms with E-state index in [1.54, 1.807) is 17.1 Å². The molecule has 7 rings (SSSR count). The summed E-state index contributed by atoms with van der Waals surface area (Å²) in [7, 11) is 0. The molecule has 3 N–H and O–H groups in total. The van der Waals surface area contributed by atoms with Crippen molar-refractivity contribution in [1.82, 2.24) is 24.7 Å². The number of amides is 2. The molecule has 1 aliphatic rings. The number of anilines is 4. The summed E-state index contributed by atoms with van der Waals surface area (Å²) in [5.74, 6) is 2.93. The molecule has 1 fully saturated rings. The van der Waals surface area contributed by atoms with E-state index in [1.165, 1.54) is 0 Å². The van der Waals surface area contributed by atoms with Gasteiger partial charge in [-0.3, -0.25) is 10.3 Å². The van der Waals surface area contributed by atoms with Gasteiger partial charge in [0.25, 0.3) is 0 Å². The van der Waals surface area contributed by atoms with Gasteiger partial charge in [-0.05, 0) is 61.7 Å². The molecule has 11 nitrogen and oxygen atoms in total.